The molecule has 29 heavy (non-hydrogen) atoms. The molecule has 9 heteroatoms. The summed E-state index contributed by atoms with van der Waals surface area (Å²) in [6.07, 6.45) is 0. The number of hydrogen-bond donors (Lipinski definition) is 2. The first kappa shape index (κ1) is 20.4. The topological polar surface area (TPSA) is 75.3 Å². The van der Waals surface area contributed by atoms with E-state index >= 15 is 0 Å². The van der Waals surface area contributed by atoms with Crippen LogP contribution < -0.4 is 10.0 Å². The van der Waals surface area contributed by atoms with E-state index in [9.17, 15) is 26.4 Å². The molecule has 0 spiro atoms. The van der Waals surface area contributed by atoms with Crippen molar-refractivity contribution < 1.29 is 26.4 Å². The number of amides is 1. The number of halogens is 3. The molecule has 3 aromatic carbocycles. The Kier molecular flexibility index (Phi) is 5.60. The van der Waals surface area contributed by atoms with E-state index in [-0.39, 0.29) is 21.8 Å². The summed E-state index contributed by atoms with van der Waals surface area (Å²) in [6.45, 7) is 1.58. The van der Waals surface area contributed by atoms with Crippen molar-refractivity contribution in [2.75, 3.05) is 10.0 Å². The predicted molar refractivity (Wildman–Crippen MR) is 103 cm³/mol. The van der Waals surface area contributed by atoms with Crippen LogP contribution in [-0.4, -0.2) is 14.3 Å². The molecule has 0 bridgehead atoms. The zero-order valence-corrected chi connectivity index (χ0v) is 15.9. The van der Waals surface area contributed by atoms with Crippen LogP contribution in [0.2, 0.25) is 0 Å². The van der Waals surface area contributed by atoms with E-state index in [4.69, 9.17) is 0 Å². The molecule has 0 saturated heterocycles. The predicted octanol–water partition coefficient (Wildman–Crippen LogP) is 4.47. The lowest BCUT2D eigenvalue weighted by atomic mass is 10.1. The van der Waals surface area contributed by atoms with Crippen molar-refractivity contribution in [1.82, 2.24) is 0 Å². The van der Waals surface area contributed by atoms with Gasteiger partial charge in [-0.25, -0.2) is 21.6 Å². The minimum absolute atomic E-state index is 0.00559. The molecule has 0 aliphatic carbocycles. The maximum Gasteiger partial charge on any atom is 0.262 e. The van der Waals surface area contributed by atoms with Crippen LogP contribution in [-0.2, 0) is 10.0 Å². The minimum atomic E-state index is -4.17. The van der Waals surface area contributed by atoms with Gasteiger partial charge in [-0.2, -0.15) is 0 Å². The molecular formula is C20H15F3N2O3S. The summed E-state index contributed by atoms with van der Waals surface area (Å²) in [5, 5.41) is 2.38. The molecule has 3 rings (SSSR count). The number of carbonyl (C=O) groups excluding carboxylic acids is 1. The fourth-order valence-electron chi connectivity index (χ4n) is 2.53. The van der Waals surface area contributed by atoms with Crippen LogP contribution in [0.15, 0.2) is 65.6 Å². The van der Waals surface area contributed by atoms with Crippen LogP contribution in [0.25, 0.3) is 0 Å². The van der Waals surface area contributed by atoms with Gasteiger partial charge in [0.05, 0.1) is 10.6 Å². The standard InChI is InChI=1S/C20H15F3N2O3S/c1-12-6-8-14(29(27,28)25-19-5-3-2-4-17(19)22)11-15(12)20(26)24-13-7-9-16(21)18(23)10-13/h2-11,25H,1H3,(H,24,26). The van der Waals surface area contributed by atoms with Gasteiger partial charge < -0.3 is 5.32 Å². The summed E-state index contributed by atoms with van der Waals surface area (Å²) in [7, 11) is -4.17. The lowest BCUT2D eigenvalue weighted by Crippen LogP contribution is -2.17. The van der Waals surface area contributed by atoms with Crippen molar-refractivity contribution in [3.63, 3.8) is 0 Å². The molecule has 1 amide bonds. The minimum Gasteiger partial charge on any atom is -0.322 e. The Bertz CT molecular complexity index is 1200. The Labute approximate surface area is 165 Å². The summed E-state index contributed by atoms with van der Waals surface area (Å²) in [6, 6.07) is 11.9. The van der Waals surface area contributed by atoms with Crippen LogP contribution in [0.3, 0.4) is 0 Å². The smallest absolute Gasteiger partial charge is 0.262 e. The molecule has 0 fully saturated rings. The molecular weight excluding hydrogens is 405 g/mol. The molecule has 0 radical (unpaired) electrons. The molecule has 3 aromatic rings. The molecule has 0 saturated carbocycles. The van der Waals surface area contributed by atoms with Gasteiger partial charge in [-0.3, -0.25) is 9.52 Å². The maximum absolute atomic E-state index is 13.8. The maximum atomic E-state index is 13.8. The van der Waals surface area contributed by atoms with Crippen LogP contribution >= 0.6 is 0 Å². The highest BCUT2D eigenvalue weighted by Gasteiger charge is 2.20. The van der Waals surface area contributed by atoms with Gasteiger partial charge in [0.1, 0.15) is 5.82 Å². The van der Waals surface area contributed by atoms with E-state index < -0.39 is 33.4 Å². The van der Waals surface area contributed by atoms with Gasteiger partial charge in [-0.05, 0) is 48.9 Å². The second kappa shape index (κ2) is 7.96. The third kappa shape index (κ3) is 4.57. The van der Waals surface area contributed by atoms with Crippen LogP contribution in [0, 0.1) is 24.4 Å². The Morgan fingerprint density at radius 3 is 2.28 bits per heavy atom. The second-order valence-electron chi connectivity index (χ2n) is 6.15. The first-order chi connectivity index (χ1) is 13.7. The average Bonchev–Trinajstić information content (AvgIpc) is 2.66. The molecule has 0 aromatic heterocycles. The summed E-state index contributed by atoms with van der Waals surface area (Å²) < 4.78 is 67.4. The molecule has 5 nitrogen and oxygen atoms in total. The van der Waals surface area contributed by atoms with Gasteiger partial charge in [0.15, 0.2) is 11.6 Å². The lowest BCUT2D eigenvalue weighted by Gasteiger charge is -2.12. The summed E-state index contributed by atoms with van der Waals surface area (Å²) in [4.78, 5) is 12.3. The molecule has 0 aliphatic rings. The van der Waals surface area contributed by atoms with Gasteiger partial charge in [0.2, 0.25) is 0 Å². The van der Waals surface area contributed by atoms with E-state index in [0.29, 0.717) is 5.56 Å². The van der Waals surface area contributed by atoms with E-state index in [0.717, 1.165) is 24.3 Å². The van der Waals surface area contributed by atoms with Crippen LogP contribution in [0.4, 0.5) is 24.5 Å². The third-order valence-electron chi connectivity index (χ3n) is 4.06. The van der Waals surface area contributed by atoms with Gasteiger partial charge in [0.25, 0.3) is 15.9 Å². The van der Waals surface area contributed by atoms with E-state index in [1.165, 1.54) is 36.4 Å². The van der Waals surface area contributed by atoms with Gasteiger partial charge in [-0.1, -0.05) is 18.2 Å². The Morgan fingerprint density at radius 2 is 1.59 bits per heavy atom. The van der Waals surface area contributed by atoms with Crippen molar-refractivity contribution in [3.05, 3.63) is 89.2 Å². The van der Waals surface area contributed by atoms with Gasteiger partial charge >= 0.3 is 0 Å². The van der Waals surface area contributed by atoms with Gasteiger partial charge in [0, 0.05) is 17.3 Å². The van der Waals surface area contributed by atoms with Crippen LogP contribution in [0.1, 0.15) is 15.9 Å². The number of anilines is 2. The van der Waals surface area contributed by atoms with E-state index in [1.54, 1.807) is 6.92 Å². The first-order valence-corrected chi connectivity index (χ1v) is 9.80. The second-order valence-corrected chi connectivity index (χ2v) is 7.83. The summed E-state index contributed by atoms with van der Waals surface area (Å²) >= 11 is 0. The van der Waals surface area contributed by atoms with E-state index in [1.807, 2.05) is 0 Å². The normalized spacial score (nSPS) is 11.2. The fourth-order valence-corrected chi connectivity index (χ4v) is 3.63. The number of carbonyl (C=O) groups is 1. The first-order valence-electron chi connectivity index (χ1n) is 8.32. The summed E-state index contributed by atoms with van der Waals surface area (Å²) in [5.74, 6) is -3.66. The monoisotopic (exact) mass is 420 g/mol. The number of para-hydroxylation sites is 1. The number of sulfonamides is 1. The van der Waals surface area contributed by atoms with Crippen molar-refractivity contribution in [3.8, 4) is 0 Å². The van der Waals surface area contributed by atoms with Crippen molar-refractivity contribution >= 4 is 27.3 Å². The van der Waals surface area contributed by atoms with Crippen molar-refractivity contribution in [1.29, 1.82) is 0 Å². The average molecular weight is 420 g/mol. The summed E-state index contributed by atoms with van der Waals surface area (Å²) in [5.41, 5.74) is 0.230. The molecule has 0 unspecified atom stereocenters. The Morgan fingerprint density at radius 1 is 0.862 bits per heavy atom. The number of hydrogen-bond acceptors (Lipinski definition) is 3. The molecule has 0 aliphatic heterocycles. The zero-order valence-electron chi connectivity index (χ0n) is 15.0. The molecule has 0 atom stereocenters. The number of benzene rings is 3. The highest BCUT2D eigenvalue weighted by atomic mass is 32.2. The zero-order chi connectivity index (χ0) is 21.2. The highest BCUT2D eigenvalue weighted by molar-refractivity contribution is 7.92. The van der Waals surface area contributed by atoms with Crippen molar-refractivity contribution in [2.24, 2.45) is 0 Å². The van der Waals surface area contributed by atoms with Gasteiger partial charge in [-0.15, -0.1) is 0 Å². The van der Waals surface area contributed by atoms with E-state index in [2.05, 4.69) is 10.0 Å². The molecule has 2 N–H and O–H groups in total. The fraction of sp³-hybridized carbons (Fsp3) is 0.0500. The van der Waals surface area contributed by atoms with Crippen LogP contribution in [0.5, 0.6) is 0 Å². The Balaban J connectivity index is 1.89. The number of rotatable bonds is 5. The quantitative estimate of drug-likeness (QED) is 0.640. The Hall–Kier alpha value is -3.33. The van der Waals surface area contributed by atoms with Crippen molar-refractivity contribution in [2.45, 2.75) is 11.8 Å². The molecule has 0 heterocycles. The molecule has 150 valence electrons. The number of nitrogens with one attached hydrogen (secondary N) is 2. The highest BCUT2D eigenvalue weighted by Crippen LogP contribution is 2.22. The largest absolute Gasteiger partial charge is 0.322 e. The third-order valence-corrected chi connectivity index (χ3v) is 5.42. The number of aryl methyl sites for hydroxylation is 1. The SMILES string of the molecule is Cc1ccc(S(=O)(=O)Nc2ccccc2F)cc1C(=O)Nc1ccc(F)c(F)c1. The lowest BCUT2D eigenvalue weighted by molar-refractivity contribution is 0.102.